The van der Waals surface area contributed by atoms with Gasteiger partial charge in [-0.2, -0.15) is 0 Å². The molecule has 1 aliphatic rings. The van der Waals surface area contributed by atoms with Crippen LogP contribution in [0.1, 0.15) is 37.2 Å². The summed E-state index contributed by atoms with van der Waals surface area (Å²) in [5.41, 5.74) is -0.245. The molecule has 2 heterocycles. The zero-order valence-corrected chi connectivity index (χ0v) is 12.3. The topological polar surface area (TPSA) is 59.8 Å². The van der Waals surface area contributed by atoms with Crippen LogP contribution >= 0.6 is 11.3 Å². The van der Waals surface area contributed by atoms with Crippen LogP contribution in [0.4, 0.5) is 0 Å². The molecule has 1 saturated carbocycles. The summed E-state index contributed by atoms with van der Waals surface area (Å²) in [5, 5.41) is 6.09. The molecule has 0 spiro atoms. The number of hydrogen-bond acceptors (Lipinski definition) is 4. The van der Waals surface area contributed by atoms with Crippen molar-refractivity contribution in [3.8, 4) is 0 Å². The minimum Gasteiger partial charge on any atom is -0.346 e. The first-order chi connectivity index (χ1) is 9.73. The van der Waals surface area contributed by atoms with Gasteiger partial charge in [0.15, 0.2) is 0 Å². The zero-order chi connectivity index (χ0) is 14.0. The molecular formula is C14H18N4OS. The van der Waals surface area contributed by atoms with E-state index in [1.54, 1.807) is 30.1 Å². The maximum atomic E-state index is 12.6. The Morgan fingerprint density at radius 1 is 1.55 bits per heavy atom. The van der Waals surface area contributed by atoms with Crippen molar-refractivity contribution in [3.63, 3.8) is 0 Å². The lowest BCUT2D eigenvalue weighted by Crippen LogP contribution is -2.36. The van der Waals surface area contributed by atoms with Crippen molar-refractivity contribution >= 4 is 17.2 Å². The Hall–Kier alpha value is -1.69. The second-order valence-corrected chi connectivity index (χ2v) is 6.25. The summed E-state index contributed by atoms with van der Waals surface area (Å²) in [6.07, 6.45) is 9.97. The molecule has 0 aromatic carbocycles. The monoisotopic (exact) mass is 290 g/mol. The lowest BCUT2D eigenvalue weighted by Gasteiger charge is -2.20. The van der Waals surface area contributed by atoms with E-state index in [1.165, 1.54) is 0 Å². The number of nitrogens with zero attached hydrogens (tertiary/aromatic N) is 3. The van der Waals surface area contributed by atoms with Gasteiger partial charge in [-0.15, -0.1) is 11.3 Å². The van der Waals surface area contributed by atoms with Gasteiger partial charge in [-0.1, -0.05) is 6.92 Å². The maximum Gasteiger partial charge on any atom is 0.228 e. The highest BCUT2D eigenvalue weighted by molar-refractivity contribution is 7.09. The Bertz CT molecular complexity index is 560. The second-order valence-electron chi connectivity index (χ2n) is 5.32. The number of aromatic nitrogens is 3. The van der Waals surface area contributed by atoms with E-state index in [4.69, 9.17) is 0 Å². The van der Waals surface area contributed by atoms with Crippen LogP contribution in [-0.2, 0) is 11.3 Å². The highest BCUT2D eigenvalue weighted by Crippen LogP contribution is 2.47. The fourth-order valence-corrected chi connectivity index (χ4v) is 3.17. The number of amides is 1. The van der Waals surface area contributed by atoms with Crippen LogP contribution in [0.5, 0.6) is 0 Å². The number of carbonyl (C=O) groups is 1. The van der Waals surface area contributed by atoms with Gasteiger partial charge in [0.05, 0.1) is 17.8 Å². The van der Waals surface area contributed by atoms with Crippen LogP contribution in [0.2, 0.25) is 0 Å². The number of rotatable bonds is 6. The summed E-state index contributed by atoms with van der Waals surface area (Å²) >= 11 is 1.59. The van der Waals surface area contributed by atoms with Crippen molar-refractivity contribution in [2.45, 2.75) is 38.8 Å². The summed E-state index contributed by atoms with van der Waals surface area (Å²) in [4.78, 5) is 20.9. The van der Waals surface area contributed by atoms with Gasteiger partial charge in [-0.3, -0.25) is 4.79 Å². The van der Waals surface area contributed by atoms with Gasteiger partial charge >= 0.3 is 0 Å². The standard InChI is InChI=1S/C14H18N4OS/c1-2-11(12-16-6-8-20-12)17-13(19)14(3-4-14)9-18-7-5-15-10-18/h5-8,10-11H,2-4,9H2,1H3,(H,17,19)/t11-/m1/s1. The minimum atomic E-state index is -0.245. The quantitative estimate of drug-likeness (QED) is 0.888. The van der Waals surface area contributed by atoms with Crippen LogP contribution in [-0.4, -0.2) is 20.4 Å². The summed E-state index contributed by atoms with van der Waals surface area (Å²) in [7, 11) is 0. The Labute approximate surface area is 122 Å². The van der Waals surface area contributed by atoms with Crippen molar-refractivity contribution in [2.24, 2.45) is 5.41 Å². The fourth-order valence-electron chi connectivity index (χ4n) is 2.39. The molecule has 106 valence electrons. The maximum absolute atomic E-state index is 12.6. The van der Waals surface area contributed by atoms with Crippen LogP contribution in [0.3, 0.4) is 0 Å². The highest BCUT2D eigenvalue weighted by Gasteiger charge is 2.50. The summed E-state index contributed by atoms with van der Waals surface area (Å²) in [6.45, 7) is 2.79. The number of carbonyl (C=O) groups excluding carboxylic acids is 1. The molecule has 20 heavy (non-hydrogen) atoms. The molecule has 0 aliphatic heterocycles. The van der Waals surface area contributed by atoms with E-state index in [1.807, 2.05) is 16.1 Å². The van der Waals surface area contributed by atoms with Crippen molar-refractivity contribution in [2.75, 3.05) is 0 Å². The Morgan fingerprint density at radius 2 is 2.40 bits per heavy atom. The zero-order valence-electron chi connectivity index (χ0n) is 11.5. The number of nitrogens with one attached hydrogen (secondary N) is 1. The van der Waals surface area contributed by atoms with Crippen molar-refractivity contribution < 1.29 is 4.79 Å². The summed E-state index contributed by atoms with van der Waals surface area (Å²) in [6, 6.07) is 0.0303. The average molecular weight is 290 g/mol. The Balaban J connectivity index is 1.66. The third kappa shape index (κ3) is 2.60. The molecule has 1 fully saturated rings. The van der Waals surface area contributed by atoms with Gasteiger partial charge in [-0.25, -0.2) is 9.97 Å². The summed E-state index contributed by atoms with van der Waals surface area (Å²) < 4.78 is 1.98. The van der Waals surface area contributed by atoms with E-state index in [0.717, 1.165) is 24.3 Å². The number of imidazole rings is 1. The average Bonchev–Trinajstić information content (AvgIpc) is 2.86. The van der Waals surface area contributed by atoms with Crippen LogP contribution in [0, 0.1) is 5.41 Å². The van der Waals surface area contributed by atoms with Crippen LogP contribution in [0.15, 0.2) is 30.3 Å². The molecule has 0 bridgehead atoms. The largest absolute Gasteiger partial charge is 0.346 e. The predicted octanol–water partition coefficient (Wildman–Crippen LogP) is 2.39. The van der Waals surface area contributed by atoms with Crippen molar-refractivity contribution in [1.82, 2.24) is 19.9 Å². The molecule has 2 aromatic rings. The smallest absolute Gasteiger partial charge is 0.228 e. The third-order valence-corrected chi connectivity index (χ3v) is 4.73. The fraction of sp³-hybridized carbons (Fsp3) is 0.500. The van der Waals surface area contributed by atoms with Gasteiger partial charge in [0, 0.05) is 30.5 Å². The first-order valence-corrected chi connectivity index (χ1v) is 7.77. The molecule has 0 radical (unpaired) electrons. The highest BCUT2D eigenvalue weighted by atomic mass is 32.1. The van der Waals surface area contributed by atoms with Gasteiger partial charge in [0.1, 0.15) is 5.01 Å². The van der Waals surface area contributed by atoms with Gasteiger partial charge in [0.25, 0.3) is 0 Å². The minimum absolute atomic E-state index is 0.0303. The van der Waals surface area contributed by atoms with E-state index >= 15 is 0 Å². The number of thiazole rings is 1. The molecule has 1 aliphatic carbocycles. The molecular weight excluding hydrogens is 272 g/mol. The Kier molecular flexibility index (Phi) is 3.56. The van der Waals surface area contributed by atoms with Gasteiger partial charge in [-0.05, 0) is 19.3 Å². The lowest BCUT2D eigenvalue weighted by atomic mass is 10.1. The van der Waals surface area contributed by atoms with Crippen molar-refractivity contribution in [1.29, 1.82) is 0 Å². The van der Waals surface area contributed by atoms with Crippen LogP contribution < -0.4 is 5.32 Å². The molecule has 1 atom stereocenters. The van der Waals surface area contributed by atoms with E-state index in [0.29, 0.717) is 6.54 Å². The molecule has 5 nitrogen and oxygen atoms in total. The third-order valence-electron chi connectivity index (χ3n) is 3.84. The predicted molar refractivity (Wildman–Crippen MR) is 77.2 cm³/mol. The molecule has 6 heteroatoms. The van der Waals surface area contributed by atoms with Gasteiger partial charge in [0.2, 0.25) is 5.91 Å². The summed E-state index contributed by atoms with van der Waals surface area (Å²) in [5.74, 6) is 0.147. The SMILES string of the molecule is CC[C@@H](NC(=O)C1(Cn2ccnc2)CC1)c1nccs1. The van der Waals surface area contributed by atoms with Gasteiger partial charge < -0.3 is 9.88 Å². The van der Waals surface area contributed by atoms with E-state index < -0.39 is 0 Å². The lowest BCUT2D eigenvalue weighted by molar-refractivity contribution is -0.127. The molecule has 1 N–H and O–H groups in total. The van der Waals surface area contributed by atoms with E-state index in [9.17, 15) is 4.79 Å². The Morgan fingerprint density at radius 3 is 2.95 bits per heavy atom. The molecule has 0 unspecified atom stereocenters. The first-order valence-electron chi connectivity index (χ1n) is 6.89. The first kappa shape index (κ1) is 13.3. The molecule has 0 saturated heterocycles. The molecule has 3 rings (SSSR count). The van der Waals surface area contributed by atoms with E-state index in [-0.39, 0.29) is 17.4 Å². The molecule has 2 aromatic heterocycles. The normalized spacial score (nSPS) is 17.6. The second kappa shape index (κ2) is 5.36. The van der Waals surface area contributed by atoms with Crippen LogP contribution in [0.25, 0.3) is 0 Å². The van der Waals surface area contributed by atoms with E-state index in [2.05, 4.69) is 22.2 Å². The van der Waals surface area contributed by atoms with Crippen molar-refractivity contribution in [3.05, 3.63) is 35.3 Å². The number of hydrogen-bond donors (Lipinski definition) is 1. The molecule has 1 amide bonds.